The van der Waals surface area contributed by atoms with E-state index >= 15 is 0 Å². The predicted molar refractivity (Wildman–Crippen MR) is 188 cm³/mol. The number of ether oxygens (including phenoxy) is 6. The molecule has 0 amide bonds. The molecule has 49 heavy (non-hydrogen) atoms. The molecule has 0 radical (unpaired) electrons. The number of carbonyl (C=O) groups is 1. The van der Waals surface area contributed by atoms with Crippen LogP contribution in [0, 0.1) is 0 Å². The number of hydrogen-bond donors (Lipinski definition) is 0. The van der Waals surface area contributed by atoms with Gasteiger partial charge in [-0.3, -0.25) is 4.79 Å². The van der Waals surface area contributed by atoms with Gasteiger partial charge in [-0.15, -0.1) is 13.2 Å². The summed E-state index contributed by atoms with van der Waals surface area (Å²) in [6.07, 6.45) is 7.90. The molecule has 0 spiro atoms. The van der Waals surface area contributed by atoms with E-state index in [1.807, 2.05) is 54.6 Å². The summed E-state index contributed by atoms with van der Waals surface area (Å²) in [6.45, 7) is 8.71. The van der Waals surface area contributed by atoms with E-state index in [2.05, 4.69) is 42.1 Å². The molecule has 2 aliphatic rings. The van der Waals surface area contributed by atoms with Gasteiger partial charge in [0.25, 0.3) is 0 Å². The molecular weight excluding hydrogens is 618 g/mol. The first-order valence-corrected chi connectivity index (χ1v) is 16.2. The van der Waals surface area contributed by atoms with E-state index in [0.29, 0.717) is 42.4 Å². The van der Waals surface area contributed by atoms with Crippen LogP contribution in [0.5, 0.6) is 34.5 Å². The molecule has 0 N–H and O–H groups in total. The highest BCUT2D eigenvalue weighted by Gasteiger charge is 2.33. The Morgan fingerprint density at radius 2 is 1.57 bits per heavy atom. The minimum atomic E-state index is -0.393. The van der Waals surface area contributed by atoms with Crippen molar-refractivity contribution in [3.63, 3.8) is 0 Å². The first-order chi connectivity index (χ1) is 24.0. The number of rotatable bonds is 11. The van der Waals surface area contributed by atoms with Crippen LogP contribution in [0.4, 0.5) is 0 Å². The summed E-state index contributed by atoms with van der Waals surface area (Å²) in [5.41, 5.74) is 7.65. The van der Waals surface area contributed by atoms with Gasteiger partial charge in [0.05, 0.1) is 38.7 Å². The second-order valence-corrected chi connectivity index (χ2v) is 12.0. The maximum atomic E-state index is 14.2. The molecule has 3 heterocycles. The average molecular weight is 657 g/mol. The van der Waals surface area contributed by atoms with E-state index in [-0.39, 0.29) is 13.2 Å². The van der Waals surface area contributed by atoms with E-state index in [0.717, 1.165) is 73.3 Å². The number of fused-ring (bicyclic) bond motifs is 5. The second-order valence-electron chi connectivity index (χ2n) is 12.0. The van der Waals surface area contributed by atoms with Crippen LogP contribution in [0.1, 0.15) is 22.3 Å². The lowest BCUT2D eigenvalue weighted by Gasteiger charge is -2.21. The van der Waals surface area contributed by atoms with Gasteiger partial charge in [-0.25, -0.2) is 0 Å². The molecule has 0 atom stereocenters. The number of methoxy groups -OCH3 is 3. The van der Waals surface area contributed by atoms with Crippen LogP contribution in [0.3, 0.4) is 0 Å². The molecule has 0 fully saturated rings. The van der Waals surface area contributed by atoms with Gasteiger partial charge >= 0.3 is 5.97 Å². The monoisotopic (exact) mass is 656 g/mol. The first-order valence-electron chi connectivity index (χ1n) is 16.2. The fourth-order valence-electron chi connectivity index (χ4n) is 6.94. The maximum absolute atomic E-state index is 14.2. The van der Waals surface area contributed by atoms with Crippen LogP contribution in [0.25, 0.3) is 33.2 Å². The number of nitrogens with zero attached hydrogens (tertiary/aromatic N) is 1. The van der Waals surface area contributed by atoms with Crippen molar-refractivity contribution in [1.82, 2.24) is 0 Å². The minimum Gasteiger partial charge on any atom is -0.496 e. The lowest BCUT2D eigenvalue weighted by molar-refractivity contribution is -0.686. The zero-order valence-corrected chi connectivity index (χ0v) is 28.0. The van der Waals surface area contributed by atoms with Crippen molar-refractivity contribution in [2.75, 3.05) is 28.1 Å². The SMILES string of the molecule is C=CCc1ccc(OC(=O)Cc2c3[n+](cc4c(OC)c(OC)ccc24)CCc2cc4c(cc2-3)OCO4)c(-c2ccc(OC)c(CC=C)c2)c1. The molecule has 0 saturated heterocycles. The molecule has 248 valence electrons. The highest BCUT2D eigenvalue weighted by molar-refractivity contribution is 5.97. The summed E-state index contributed by atoms with van der Waals surface area (Å²) in [4.78, 5) is 14.2. The summed E-state index contributed by atoms with van der Waals surface area (Å²) in [6, 6.07) is 19.8. The van der Waals surface area contributed by atoms with Crippen molar-refractivity contribution in [2.24, 2.45) is 0 Å². The number of carbonyl (C=O) groups excluding carboxylic acids is 1. The maximum Gasteiger partial charge on any atom is 0.315 e. The van der Waals surface area contributed by atoms with Gasteiger partial charge < -0.3 is 28.4 Å². The fraction of sp³-hybridized carbons (Fsp3) is 0.220. The third-order valence-electron chi connectivity index (χ3n) is 9.17. The lowest BCUT2D eigenvalue weighted by Crippen LogP contribution is -2.41. The van der Waals surface area contributed by atoms with E-state index in [1.165, 1.54) is 0 Å². The molecule has 0 bridgehead atoms. The predicted octanol–water partition coefficient (Wildman–Crippen LogP) is 7.38. The van der Waals surface area contributed by atoms with Crippen LogP contribution < -0.4 is 33.0 Å². The van der Waals surface area contributed by atoms with Crippen molar-refractivity contribution >= 4 is 16.7 Å². The Kier molecular flexibility index (Phi) is 8.70. The van der Waals surface area contributed by atoms with Crippen molar-refractivity contribution in [3.8, 4) is 56.9 Å². The zero-order chi connectivity index (χ0) is 34.1. The molecule has 7 rings (SSSR count). The second kappa shape index (κ2) is 13.4. The topological polar surface area (TPSA) is 76.3 Å². The zero-order valence-electron chi connectivity index (χ0n) is 28.0. The van der Waals surface area contributed by atoms with Crippen molar-refractivity contribution in [3.05, 3.63) is 114 Å². The Bertz CT molecular complexity index is 2130. The Morgan fingerprint density at radius 1 is 0.816 bits per heavy atom. The largest absolute Gasteiger partial charge is 0.496 e. The van der Waals surface area contributed by atoms with E-state index in [1.54, 1.807) is 21.3 Å². The number of pyridine rings is 1. The minimum absolute atomic E-state index is 0.00815. The van der Waals surface area contributed by atoms with Gasteiger partial charge in [0, 0.05) is 22.9 Å². The molecule has 0 saturated carbocycles. The number of esters is 1. The number of aryl methyl sites for hydroxylation is 2. The number of benzene rings is 4. The molecule has 5 aromatic rings. The van der Waals surface area contributed by atoms with Crippen LogP contribution in [-0.2, 0) is 37.0 Å². The van der Waals surface area contributed by atoms with Gasteiger partial charge in [-0.05, 0) is 83.6 Å². The third kappa shape index (κ3) is 5.84. The summed E-state index contributed by atoms with van der Waals surface area (Å²) >= 11 is 0. The smallest absolute Gasteiger partial charge is 0.315 e. The van der Waals surface area contributed by atoms with Crippen molar-refractivity contribution < 1.29 is 37.8 Å². The van der Waals surface area contributed by atoms with Crippen LogP contribution >= 0.6 is 0 Å². The molecule has 0 aliphatic carbocycles. The highest BCUT2D eigenvalue weighted by Crippen LogP contribution is 2.44. The molecule has 0 unspecified atom stereocenters. The van der Waals surface area contributed by atoms with E-state index in [4.69, 9.17) is 28.4 Å². The number of hydrogen-bond acceptors (Lipinski definition) is 7. The van der Waals surface area contributed by atoms with Crippen molar-refractivity contribution in [1.29, 1.82) is 0 Å². The number of allylic oxidation sites excluding steroid dienone is 2. The van der Waals surface area contributed by atoms with Gasteiger partial charge in [0.1, 0.15) is 11.5 Å². The molecule has 8 nitrogen and oxygen atoms in total. The standard InChI is InChI=1S/C41H38NO7/c1-6-8-25-10-13-35(30(18-25)26-11-14-34(44-3)28(19-26)9-7-2)49-39(43)22-32-29-12-15-36(45-4)41(46-5)33(29)23-42-17-16-27-20-37-38(48-24-47-37)21-31(27)40(32)42/h6-7,10-15,18-21,23H,1-2,8-9,16-17,22,24H2,3-5H3/q+1. The van der Waals surface area contributed by atoms with E-state index < -0.39 is 5.97 Å². The van der Waals surface area contributed by atoms with Gasteiger partial charge in [-0.2, -0.15) is 4.57 Å². The van der Waals surface area contributed by atoms with E-state index in [9.17, 15) is 4.79 Å². The first kappa shape index (κ1) is 31.8. The van der Waals surface area contributed by atoms with Gasteiger partial charge in [0.15, 0.2) is 35.7 Å². The lowest BCUT2D eigenvalue weighted by atomic mass is 9.90. The van der Waals surface area contributed by atoms with Crippen LogP contribution in [-0.4, -0.2) is 34.1 Å². The van der Waals surface area contributed by atoms with Gasteiger partial charge in [-0.1, -0.05) is 24.3 Å². The Hall–Kier alpha value is -5.76. The molecule has 2 aliphatic heterocycles. The molecular formula is C41H38NO7+. The molecule has 4 aromatic carbocycles. The quantitative estimate of drug-likeness (QED) is 0.0636. The molecule has 1 aromatic heterocycles. The summed E-state index contributed by atoms with van der Waals surface area (Å²) in [5, 5.41) is 1.72. The summed E-state index contributed by atoms with van der Waals surface area (Å²) in [7, 11) is 4.90. The third-order valence-corrected chi connectivity index (χ3v) is 9.17. The molecule has 8 heteroatoms. The Labute approximate surface area is 285 Å². The average Bonchev–Trinajstić information content (AvgIpc) is 3.58. The summed E-state index contributed by atoms with van der Waals surface area (Å²) < 4.78 is 37.0. The van der Waals surface area contributed by atoms with Crippen LogP contribution in [0.15, 0.2) is 92.2 Å². The Balaban J connectivity index is 1.34. The fourth-order valence-corrected chi connectivity index (χ4v) is 6.94. The van der Waals surface area contributed by atoms with Crippen molar-refractivity contribution in [2.45, 2.75) is 32.2 Å². The summed E-state index contributed by atoms with van der Waals surface area (Å²) in [5.74, 6) is 3.50. The Morgan fingerprint density at radius 3 is 2.33 bits per heavy atom. The van der Waals surface area contributed by atoms with Gasteiger partial charge in [0.2, 0.25) is 12.5 Å². The number of aromatic nitrogens is 1. The highest BCUT2D eigenvalue weighted by atomic mass is 16.7. The van der Waals surface area contributed by atoms with Crippen LogP contribution in [0.2, 0.25) is 0 Å². The normalized spacial score (nSPS) is 12.6.